The minimum atomic E-state index is -0.545. The van der Waals surface area contributed by atoms with E-state index < -0.39 is 5.82 Å². The molecule has 0 aliphatic carbocycles. The van der Waals surface area contributed by atoms with Crippen molar-refractivity contribution < 1.29 is 18.4 Å². The highest BCUT2D eigenvalue weighted by Gasteiger charge is 2.29. The molecule has 1 aliphatic heterocycles. The molecule has 2 heterocycles. The van der Waals surface area contributed by atoms with Gasteiger partial charge in [-0.05, 0) is 19.1 Å². The molecule has 0 spiro atoms. The summed E-state index contributed by atoms with van der Waals surface area (Å²) >= 11 is 6.07. The monoisotopic (exact) mass is 324 g/mol. The van der Waals surface area contributed by atoms with Crippen molar-refractivity contribution in [1.82, 2.24) is 10.1 Å². The van der Waals surface area contributed by atoms with Crippen LogP contribution < -0.4 is 0 Å². The highest BCUT2D eigenvalue weighted by atomic mass is 35.5. The SMILES string of the molecule is Cc1onc(-c2c(F)cccc2Cl)c1C(=O)N1CCOCC1. The van der Waals surface area contributed by atoms with Gasteiger partial charge in [0.05, 0.1) is 23.8 Å². The van der Waals surface area contributed by atoms with Crippen LogP contribution in [0, 0.1) is 12.7 Å². The van der Waals surface area contributed by atoms with Crippen LogP contribution in [-0.4, -0.2) is 42.3 Å². The average molecular weight is 325 g/mol. The van der Waals surface area contributed by atoms with Crippen LogP contribution in [0.3, 0.4) is 0 Å². The molecule has 1 aromatic heterocycles. The Balaban J connectivity index is 2.06. The second kappa shape index (κ2) is 6.06. The Kier molecular flexibility index (Phi) is 4.13. The van der Waals surface area contributed by atoms with Gasteiger partial charge in [-0.3, -0.25) is 4.79 Å². The number of hydrogen-bond acceptors (Lipinski definition) is 4. The summed E-state index contributed by atoms with van der Waals surface area (Å²) in [4.78, 5) is 14.3. The van der Waals surface area contributed by atoms with Crippen molar-refractivity contribution in [3.8, 4) is 11.3 Å². The molecular formula is C15H14ClFN2O3. The third-order valence-corrected chi connectivity index (χ3v) is 3.89. The van der Waals surface area contributed by atoms with E-state index >= 15 is 0 Å². The largest absolute Gasteiger partial charge is 0.378 e. The Morgan fingerprint density at radius 2 is 2.09 bits per heavy atom. The summed E-state index contributed by atoms with van der Waals surface area (Å²) in [6.45, 7) is 3.54. The van der Waals surface area contributed by atoms with Crippen molar-refractivity contribution in [3.05, 3.63) is 40.4 Å². The van der Waals surface area contributed by atoms with Crippen molar-refractivity contribution >= 4 is 17.5 Å². The summed E-state index contributed by atoms with van der Waals surface area (Å²) in [6.07, 6.45) is 0. The molecule has 0 atom stereocenters. The van der Waals surface area contributed by atoms with Gasteiger partial charge in [0.15, 0.2) is 0 Å². The van der Waals surface area contributed by atoms with E-state index in [2.05, 4.69) is 5.16 Å². The highest BCUT2D eigenvalue weighted by molar-refractivity contribution is 6.33. The average Bonchev–Trinajstić information content (AvgIpc) is 2.89. The van der Waals surface area contributed by atoms with Gasteiger partial charge in [-0.2, -0.15) is 0 Å². The molecule has 3 rings (SSSR count). The van der Waals surface area contributed by atoms with Gasteiger partial charge in [0.1, 0.15) is 22.8 Å². The molecule has 1 fully saturated rings. The van der Waals surface area contributed by atoms with Gasteiger partial charge in [0.2, 0.25) is 0 Å². The van der Waals surface area contributed by atoms with Crippen LogP contribution in [0.15, 0.2) is 22.7 Å². The summed E-state index contributed by atoms with van der Waals surface area (Å²) < 4.78 is 24.5. The van der Waals surface area contributed by atoms with Crippen LogP contribution in [0.5, 0.6) is 0 Å². The molecule has 1 aromatic carbocycles. The Bertz CT molecular complexity index is 691. The number of aromatic nitrogens is 1. The zero-order valence-corrected chi connectivity index (χ0v) is 12.7. The molecule has 2 aromatic rings. The predicted molar refractivity (Wildman–Crippen MR) is 78.4 cm³/mol. The van der Waals surface area contributed by atoms with E-state index in [0.717, 1.165) is 0 Å². The first-order valence-corrected chi connectivity index (χ1v) is 7.25. The van der Waals surface area contributed by atoms with Crippen molar-refractivity contribution in [1.29, 1.82) is 0 Å². The van der Waals surface area contributed by atoms with Gasteiger partial charge < -0.3 is 14.2 Å². The fourth-order valence-corrected chi connectivity index (χ4v) is 2.70. The molecule has 116 valence electrons. The quantitative estimate of drug-likeness (QED) is 0.852. The number of carbonyl (C=O) groups excluding carboxylic acids is 1. The Hall–Kier alpha value is -1.92. The summed E-state index contributed by atoms with van der Waals surface area (Å²) in [5.41, 5.74) is 0.462. The second-order valence-electron chi connectivity index (χ2n) is 4.96. The molecule has 0 radical (unpaired) electrons. The summed E-state index contributed by atoms with van der Waals surface area (Å²) in [5, 5.41) is 4.03. The third-order valence-electron chi connectivity index (χ3n) is 3.57. The first kappa shape index (κ1) is 15.0. The molecular weight excluding hydrogens is 311 g/mol. The van der Waals surface area contributed by atoms with Crippen LogP contribution in [0.4, 0.5) is 4.39 Å². The lowest BCUT2D eigenvalue weighted by molar-refractivity contribution is 0.0302. The number of halogens is 2. The minimum absolute atomic E-state index is 0.0811. The molecule has 0 bridgehead atoms. The summed E-state index contributed by atoms with van der Waals surface area (Å²) in [7, 11) is 0. The van der Waals surface area contributed by atoms with Gasteiger partial charge in [-0.25, -0.2) is 4.39 Å². The summed E-state index contributed by atoms with van der Waals surface area (Å²) in [5.74, 6) is -0.459. The number of morpholine rings is 1. The van der Waals surface area contributed by atoms with E-state index in [1.165, 1.54) is 12.1 Å². The van der Waals surface area contributed by atoms with E-state index in [1.807, 2.05) is 0 Å². The number of rotatable bonds is 2. The van der Waals surface area contributed by atoms with Crippen LogP contribution in [0.25, 0.3) is 11.3 Å². The smallest absolute Gasteiger partial charge is 0.259 e. The number of hydrogen-bond donors (Lipinski definition) is 0. The van der Waals surface area contributed by atoms with Crippen molar-refractivity contribution in [2.45, 2.75) is 6.92 Å². The molecule has 0 saturated carbocycles. The van der Waals surface area contributed by atoms with Gasteiger partial charge in [0.25, 0.3) is 5.91 Å². The van der Waals surface area contributed by atoms with Crippen LogP contribution in [0.2, 0.25) is 5.02 Å². The lowest BCUT2D eigenvalue weighted by atomic mass is 10.0. The number of ether oxygens (including phenoxy) is 1. The fourth-order valence-electron chi connectivity index (χ4n) is 2.44. The topological polar surface area (TPSA) is 55.6 Å². The maximum absolute atomic E-state index is 14.1. The van der Waals surface area contributed by atoms with Crippen molar-refractivity contribution in [3.63, 3.8) is 0 Å². The number of carbonyl (C=O) groups is 1. The third kappa shape index (κ3) is 2.60. The number of aryl methyl sites for hydroxylation is 1. The standard InChI is InChI=1S/C15H14ClFN2O3/c1-9-12(15(20)19-5-7-21-8-6-19)14(18-22-9)13-10(16)3-2-4-11(13)17/h2-4H,5-8H2,1H3. The minimum Gasteiger partial charge on any atom is -0.378 e. The summed E-state index contributed by atoms with van der Waals surface area (Å²) in [6, 6.07) is 4.32. The van der Waals surface area contributed by atoms with Crippen molar-refractivity contribution in [2.75, 3.05) is 26.3 Å². The van der Waals surface area contributed by atoms with E-state index in [1.54, 1.807) is 17.9 Å². The normalized spacial score (nSPS) is 15.1. The molecule has 1 aliphatic rings. The maximum atomic E-state index is 14.1. The fraction of sp³-hybridized carbons (Fsp3) is 0.333. The molecule has 1 amide bonds. The van der Waals surface area contributed by atoms with E-state index in [4.69, 9.17) is 20.9 Å². The number of nitrogens with zero attached hydrogens (tertiary/aromatic N) is 2. The Labute approximate surface area is 131 Å². The van der Waals surface area contributed by atoms with Gasteiger partial charge in [0, 0.05) is 13.1 Å². The highest BCUT2D eigenvalue weighted by Crippen LogP contribution is 2.34. The zero-order chi connectivity index (χ0) is 15.7. The molecule has 0 N–H and O–H groups in total. The van der Waals surface area contributed by atoms with Gasteiger partial charge in [-0.1, -0.05) is 22.8 Å². The zero-order valence-electron chi connectivity index (χ0n) is 11.9. The number of benzene rings is 1. The molecule has 22 heavy (non-hydrogen) atoms. The Morgan fingerprint density at radius 1 is 1.36 bits per heavy atom. The Morgan fingerprint density at radius 3 is 2.77 bits per heavy atom. The van der Waals surface area contributed by atoms with Crippen LogP contribution in [-0.2, 0) is 4.74 Å². The van der Waals surface area contributed by atoms with Crippen molar-refractivity contribution in [2.24, 2.45) is 0 Å². The number of amides is 1. The molecule has 1 saturated heterocycles. The molecule has 7 heteroatoms. The van der Waals surface area contributed by atoms with E-state index in [9.17, 15) is 9.18 Å². The maximum Gasteiger partial charge on any atom is 0.259 e. The van der Waals surface area contributed by atoms with E-state index in [0.29, 0.717) is 32.1 Å². The lowest BCUT2D eigenvalue weighted by Crippen LogP contribution is -2.41. The first-order chi connectivity index (χ1) is 10.6. The first-order valence-electron chi connectivity index (χ1n) is 6.87. The molecule has 0 unspecified atom stereocenters. The van der Waals surface area contributed by atoms with Crippen LogP contribution >= 0.6 is 11.6 Å². The van der Waals surface area contributed by atoms with Gasteiger partial charge >= 0.3 is 0 Å². The van der Waals surface area contributed by atoms with Gasteiger partial charge in [-0.15, -0.1) is 0 Å². The van der Waals surface area contributed by atoms with Crippen LogP contribution in [0.1, 0.15) is 16.1 Å². The molecule has 5 nitrogen and oxygen atoms in total. The predicted octanol–water partition coefficient (Wildman–Crippen LogP) is 2.91. The second-order valence-corrected chi connectivity index (χ2v) is 5.37. The lowest BCUT2D eigenvalue weighted by Gasteiger charge is -2.26. The van der Waals surface area contributed by atoms with E-state index in [-0.39, 0.29) is 27.8 Å².